The van der Waals surface area contributed by atoms with Crippen LogP contribution in [0.25, 0.3) is 17.4 Å². The molecule has 1 amide bonds. The molecule has 1 aliphatic rings. The van der Waals surface area contributed by atoms with E-state index in [4.69, 9.17) is 4.42 Å². The maximum Gasteiger partial charge on any atom is 0.435 e. The molecule has 0 saturated carbocycles. The molecule has 1 aromatic heterocycles. The van der Waals surface area contributed by atoms with Crippen LogP contribution < -0.4 is 5.01 Å². The van der Waals surface area contributed by atoms with Gasteiger partial charge in [-0.1, -0.05) is 24.3 Å². The number of para-hydroxylation sites is 1. The third-order valence-corrected chi connectivity index (χ3v) is 4.81. The smallest absolute Gasteiger partial charge is 0.435 e. The van der Waals surface area contributed by atoms with E-state index in [1.165, 1.54) is 36.4 Å². The van der Waals surface area contributed by atoms with Crippen molar-refractivity contribution in [2.75, 3.05) is 5.01 Å². The standard InChI is InChI=1S/C23H15F3N2O4/c1-13-7-8-14(22(30)31)11-17(13)19-10-9-16(32-19)12-18-20(23(24,25)26)27-28(21(18)29)15-5-3-2-4-6-15/h2-12H,1H3,(H,30,31)/b18-12-. The van der Waals surface area contributed by atoms with Crippen molar-refractivity contribution >= 4 is 29.4 Å². The van der Waals surface area contributed by atoms with Crippen molar-refractivity contribution in [1.29, 1.82) is 0 Å². The summed E-state index contributed by atoms with van der Waals surface area (Å²) in [6.45, 7) is 1.74. The monoisotopic (exact) mass is 440 g/mol. The van der Waals surface area contributed by atoms with Crippen molar-refractivity contribution in [2.45, 2.75) is 13.1 Å². The van der Waals surface area contributed by atoms with Crippen molar-refractivity contribution < 1.29 is 32.3 Å². The summed E-state index contributed by atoms with van der Waals surface area (Å²) < 4.78 is 46.4. The Morgan fingerprint density at radius 2 is 1.81 bits per heavy atom. The van der Waals surface area contributed by atoms with E-state index in [1.807, 2.05) is 0 Å². The van der Waals surface area contributed by atoms with Crippen LogP contribution >= 0.6 is 0 Å². The Labute approximate surface area is 179 Å². The molecule has 0 aliphatic carbocycles. The molecule has 1 aliphatic heterocycles. The molecule has 9 heteroatoms. The number of furan rings is 1. The molecule has 0 radical (unpaired) electrons. The molecular weight excluding hydrogens is 425 g/mol. The van der Waals surface area contributed by atoms with E-state index in [-0.39, 0.29) is 22.8 Å². The van der Waals surface area contributed by atoms with E-state index in [0.29, 0.717) is 16.1 Å². The first-order valence-corrected chi connectivity index (χ1v) is 9.36. The highest BCUT2D eigenvalue weighted by Gasteiger charge is 2.47. The van der Waals surface area contributed by atoms with Gasteiger partial charge in [-0.3, -0.25) is 4.79 Å². The first-order valence-electron chi connectivity index (χ1n) is 9.36. The van der Waals surface area contributed by atoms with Crippen LogP contribution in [0.15, 0.2) is 75.8 Å². The number of nitrogens with zero attached hydrogens (tertiary/aromatic N) is 2. The molecule has 2 aromatic carbocycles. The molecule has 0 unspecified atom stereocenters. The van der Waals surface area contributed by atoms with E-state index in [9.17, 15) is 27.9 Å². The molecule has 0 fully saturated rings. The summed E-state index contributed by atoms with van der Waals surface area (Å²) in [5.74, 6) is -1.81. The topological polar surface area (TPSA) is 83.1 Å². The number of benzene rings is 2. The Morgan fingerprint density at radius 1 is 1.09 bits per heavy atom. The van der Waals surface area contributed by atoms with Gasteiger partial charge in [-0.25, -0.2) is 4.79 Å². The summed E-state index contributed by atoms with van der Waals surface area (Å²) in [5, 5.41) is 13.4. The van der Waals surface area contributed by atoms with Gasteiger partial charge in [-0.05, 0) is 55.0 Å². The van der Waals surface area contributed by atoms with Crippen molar-refractivity contribution in [2.24, 2.45) is 5.10 Å². The van der Waals surface area contributed by atoms with Gasteiger partial charge >= 0.3 is 12.1 Å². The molecule has 2 heterocycles. The molecule has 0 spiro atoms. The minimum absolute atomic E-state index is 0.00432. The number of rotatable bonds is 4. The molecule has 32 heavy (non-hydrogen) atoms. The van der Waals surface area contributed by atoms with Gasteiger partial charge in [-0.2, -0.15) is 23.3 Å². The molecular formula is C23H15F3N2O4. The number of hydrogen-bond donors (Lipinski definition) is 1. The molecule has 0 bridgehead atoms. The van der Waals surface area contributed by atoms with Crippen LogP contribution in [-0.4, -0.2) is 28.9 Å². The second kappa shape index (κ2) is 7.84. The molecule has 1 N–H and O–H groups in total. The van der Waals surface area contributed by atoms with Crippen LogP contribution in [0.1, 0.15) is 21.7 Å². The second-order valence-electron chi connectivity index (χ2n) is 6.99. The number of carboxylic acid groups (broad SMARTS) is 1. The van der Waals surface area contributed by atoms with E-state index in [0.717, 1.165) is 6.08 Å². The predicted molar refractivity (Wildman–Crippen MR) is 111 cm³/mol. The maximum absolute atomic E-state index is 13.6. The largest absolute Gasteiger partial charge is 0.478 e. The van der Waals surface area contributed by atoms with Gasteiger partial charge in [0.2, 0.25) is 0 Å². The number of carbonyl (C=O) groups excluding carboxylic acids is 1. The SMILES string of the molecule is Cc1ccc(C(=O)O)cc1-c1ccc(/C=C2\C(=O)N(c3ccccc3)N=C2C(F)(F)F)o1. The third-order valence-electron chi connectivity index (χ3n) is 4.81. The van der Waals surface area contributed by atoms with Crippen LogP contribution in [0.2, 0.25) is 0 Å². The number of anilines is 1. The number of aromatic carboxylic acids is 1. The number of hydrogen-bond acceptors (Lipinski definition) is 4. The second-order valence-corrected chi connectivity index (χ2v) is 6.99. The van der Waals surface area contributed by atoms with Gasteiger partial charge in [0.05, 0.1) is 16.8 Å². The molecule has 0 saturated heterocycles. The Kier molecular flexibility index (Phi) is 5.17. The van der Waals surface area contributed by atoms with Gasteiger partial charge in [0.15, 0.2) is 5.71 Å². The molecule has 6 nitrogen and oxygen atoms in total. The summed E-state index contributed by atoms with van der Waals surface area (Å²) in [6, 6.07) is 15.1. The maximum atomic E-state index is 13.6. The molecule has 4 rings (SSSR count). The average molecular weight is 440 g/mol. The predicted octanol–water partition coefficient (Wildman–Crippen LogP) is 5.30. The third kappa shape index (κ3) is 3.92. The summed E-state index contributed by atoms with van der Waals surface area (Å²) in [4.78, 5) is 24.0. The minimum Gasteiger partial charge on any atom is -0.478 e. The normalized spacial score (nSPS) is 15.4. The summed E-state index contributed by atoms with van der Waals surface area (Å²) in [5.41, 5.74) is -0.551. The first kappa shape index (κ1) is 21.1. The van der Waals surface area contributed by atoms with Crippen molar-refractivity contribution in [1.82, 2.24) is 0 Å². The van der Waals surface area contributed by atoms with Gasteiger partial charge in [-0.15, -0.1) is 0 Å². The lowest BCUT2D eigenvalue weighted by molar-refractivity contribution is -0.114. The Hall–Kier alpha value is -4.14. The van der Waals surface area contributed by atoms with Crippen LogP contribution in [-0.2, 0) is 4.79 Å². The van der Waals surface area contributed by atoms with Crippen LogP contribution in [0.5, 0.6) is 0 Å². The quantitative estimate of drug-likeness (QED) is 0.558. The number of carboxylic acids is 1. The fourth-order valence-corrected chi connectivity index (χ4v) is 3.24. The van der Waals surface area contributed by atoms with Crippen molar-refractivity contribution in [3.05, 3.63) is 83.1 Å². The number of amides is 1. The Balaban J connectivity index is 1.73. The lowest BCUT2D eigenvalue weighted by Gasteiger charge is -2.10. The summed E-state index contributed by atoms with van der Waals surface area (Å²) in [6.07, 6.45) is -3.87. The number of halogens is 3. The molecule has 162 valence electrons. The van der Waals surface area contributed by atoms with Gasteiger partial charge in [0.25, 0.3) is 5.91 Å². The molecule has 0 atom stereocenters. The Bertz CT molecular complexity index is 1270. The minimum atomic E-state index is -4.85. The lowest BCUT2D eigenvalue weighted by Crippen LogP contribution is -2.25. The highest BCUT2D eigenvalue weighted by molar-refractivity contribution is 6.34. The van der Waals surface area contributed by atoms with Crippen molar-refractivity contribution in [3.8, 4) is 11.3 Å². The fraction of sp³-hybridized carbons (Fsp3) is 0.0870. The Morgan fingerprint density at radius 3 is 2.47 bits per heavy atom. The fourth-order valence-electron chi connectivity index (χ4n) is 3.24. The van der Waals surface area contributed by atoms with Gasteiger partial charge in [0.1, 0.15) is 11.5 Å². The highest BCUT2D eigenvalue weighted by Crippen LogP contribution is 2.34. The van der Waals surface area contributed by atoms with Gasteiger partial charge in [0, 0.05) is 5.56 Å². The average Bonchev–Trinajstić information content (AvgIpc) is 3.34. The highest BCUT2D eigenvalue weighted by atomic mass is 19.4. The van der Waals surface area contributed by atoms with Crippen LogP contribution in [0.3, 0.4) is 0 Å². The lowest BCUT2D eigenvalue weighted by atomic mass is 10.0. The van der Waals surface area contributed by atoms with E-state index in [2.05, 4.69) is 5.10 Å². The van der Waals surface area contributed by atoms with Crippen LogP contribution in [0, 0.1) is 6.92 Å². The number of alkyl halides is 3. The summed E-state index contributed by atoms with van der Waals surface area (Å²) >= 11 is 0. The van der Waals surface area contributed by atoms with E-state index in [1.54, 1.807) is 31.2 Å². The number of carbonyl (C=O) groups is 2. The van der Waals surface area contributed by atoms with Gasteiger partial charge < -0.3 is 9.52 Å². The van der Waals surface area contributed by atoms with E-state index < -0.39 is 29.3 Å². The van der Waals surface area contributed by atoms with E-state index >= 15 is 0 Å². The first-order chi connectivity index (χ1) is 15.1. The zero-order chi connectivity index (χ0) is 23.0. The zero-order valence-electron chi connectivity index (χ0n) is 16.6. The summed E-state index contributed by atoms with van der Waals surface area (Å²) in [7, 11) is 0. The number of hydrazone groups is 1. The molecule has 3 aromatic rings. The van der Waals surface area contributed by atoms with Crippen molar-refractivity contribution in [3.63, 3.8) is 0 Å². The van der Waals surface area contributed by atoms with Crippen LogP contribution in [0.4, 0.5) is 18.9 Å². The zero-order valence-corrected chi connectivity index (χ0v) is 16.6. The number of aryl methyl sites for hydroxylation is 1.